The highest BCUT2D eigenvalue weighted by Crippen LogP contribution is 2.34. The average Bonchev–Trinajstić information content (AvgIpc) is 2.62. The smallest absolute Gasteiger partial charge is 0.141 e. The van der Waals surface area contributed by atoms with E-state index in [4.69, 9.17) is 16.3 Å². The van der Waals surface area contributed by atoms with Crippen molar-refractivity contribution in [2.75, 3.05) is 5.32 Å². The molecule has 3 rings (SSSR count). The van der Waals surface area contributed by atoms with E-state index in [1.807, 2.05) is 12.1 Å². The summed E-state index contributed by atoms with van der Waals surface area (Å²) in [5.41, 5.74) is 2.29. The van der Waals surface area contributed by atoms with E-state index in [9.17, 15) is 8.78 Å². The average molecular weight is 518 g/mol. The van der Waals surface area contributed by atoms with Crippen molar-refractivity contribution in [1.82, 2.24) is 0 Å². The summed E-state index contributed by atoms with van der Waals surface area (Å²) >= 11 is 12.8. The van der Waals surface area contributed by atoms with Gasteiger partial charge in [0.05, 0.1) is 9.50 Å². The molecule has 0 heterocycles. The molecule has 27 heavy (non-hydrogen) atoms. The maximum absolute atomic E-state index is 13.4. The van der Waals surface area contributed by atoms with Crippen LogP contribution in [0.2, 0.25) is 5.02 Å². The Bertz CT molecular complexity index is 969. The Morgan fingerprint density at radius 3 is 2.56 bits per heavy atom. The summed E-state index contributed by atoms with van der Waals surface area (Å²) < 4.78 is 34.2. The van der Waals surface area contributed by atoms with Crippen molar-refractivity contribution < 1.29 is 13.5 Å². The maximum atomic E-state index is 13.4. The quantitative estimate of drug-likeness (QED) is 0.370. The Morgan fingerprint density at radius 2 is 1.81 bits per heavy atom. The molecule has 0 aliphatic heterocycles. The predicted molar refractivity (Wildman–Crippen MR) is 111 cm³/mol. The van der Waals surface area contributed by atoms with Crippen LogP contribution >= 0.6 is 43.5 Å². The molecule has 3 aromatic rings. The molecule has 7 heteroatoms. The standard InChI is InChI=1S/C20H14Br2ClF2NO/c21-14-7-13(10-26-16-4-5-19(25)18(23)9-16)20(17(22)8-14)27-11-12-2-1-3-15(24)6-12/h1-9,26H,10-11H2. The molecule has 140 valence electrons. The zero-order valence-electron chi connectivity index (χ0n) is 13.9. The van der Waals surface area contributed by atoms with Crippen LogP contribution in [0.25, 0.3) is 0 Å². The molecule has 0 aromatic heterocycles. The molecule has 0 radical (unpaired) electrons. The third-order valence-electron chi connectivity index (χ3n) is 3.76. The van der Waals surface area contributed by atoms with E-state index in [2.05, 4.69) is 37.2 Å². The molecule has 1 N–H and O–H groups in total. The van der Waals surface area contributed by atoms with Gasteiger partial charge in [0.1, 0.15) is 24.0 Å². The topological polar surface area (TPSA) is 21.3 Å². The lowest BCUT2D eigenvalue weighted by Gasteiger charge is -2.16. The van der Waals surface area contributed by atoms with Gasteiger partial charge < -0.3 is 10.1 Å². The van der Waals surface area contributed by atoms with Gasteiger partial charge in [-0.05, 0) is 64.0 Å². The number of anilines is 1. The monoisotopic (exact) mass is 515 g/mol. The maximum Gasteiger partial charge on any atom is 0.141 e. The Kier molecular flexibility index (Phi) is 6.73. The van der Waals surface area contributed by atoms with Crippen LogP contribution in [0.1, 0.15) is 11.1 Å². The molecule has 0 saturated carbocycles. The summed E-state index contributed by atoms with van der Waals surface area (Å²) in [6.07, 6.45) is 0. The number of halogens is 5. The molecule has 3 aromatic carbocycles. The van der Waals surface area contributed by atoms with Gasteiger partial charge in [0, 0.05) is 22.3 Å². The van der Waals surface area contributed by atoms with Crippen LogP contribution in [0.15, 0.2) is 63.5 Å². The van der Waals surface area contributed by atoms with E-state index >= 15 is 0 Å². The first-order valence-corrected chi connectivity index (χ1v) is 9.93. The molecule has 0 atom stereocenters. The SMILES string of the molecule is Fc1cccc(COc2c(Br)cc(Br)cc2CNc2ccc(F)c(Cl)c2)c1. The van der Waals surface area contributed by atoms with Crippen LogP contribution in [0.4, 0.5) is 14.5 Å². The second kappa shape index (κ2) is 9.04. The molecular weight excluding hydrogens is 503 g/mol. The van der Waals surface area contributed by atoms with Crippen LogP contribution in [-0.2, 0) is 13.2 Å². The number of ether oxygens (including phenoxy) is 1. The van der Waals surface area contributed by atoms with Gasteiger partial charge in [0.15, 0.2) is 0 Å². The number of rotatable bonds is 6. The zero-order valence-corrected chi connectivity index (χ0v) is 17.8. The number of benzene rings is 3. The van der Waals surface area contributed by atoms with Crippen molar-refractivity contribution in [3.63, 3.8) is 0 Å². The van der Waals surface area contributed by atoms with Gasteiger partial charge in [-0.2, -0.15) is 0 Å². The minimum atomic E-state index is -0.466. The number of nitrogens with one attached hydrogen (secondary N) is 1. The minimum absolute atomic E-state index is 0.0537. The lowest BCUT2D eigenvalue weighted by Crippen LogP contribution is -2.05. The first-order chi connectivity index (χ1) is 12.9. The minimum Gasteiger partial charge on any atom is -0.487 e. The van der Waals surface area contributed by atoms with E-state index in [0.717, 1.165) is 20.1 Å². The van der Waals surface area contributed by atoms with Crippen LogP contribution in [0.3, 0.4) is 0 Å². The lowest BCUT2D eigenvalue weighted by molar-refractivity contribution is 0.300. The van der Waals surface area contributed by atoms with Crippen molar-refractivity contribution >= 4 is 49.1 Å². The number of hydrogen-bond acceptors (Lipinski definition) is 2. The van der Waals surface area contributed by atoms with Crippen LogP contribution < -0.4 is 10.1 Å². The summed E-state index contributed by atoms with van der Waals surface area (Å²) in [6.45, 7) is 0.659. The Labute approximate surface area is 177 Å². The van der Waals surface area contributed by atoms with E-state index in [-0.39, 0.29) is 17.4 Å². The highest BCUT2D eigenvalue weighted by Gasteiger charge is 2.12. The molecule has 0 saturated heterocycles. The van der Waals surface area contributed by atoms with Gasteiger partial charge >= 0.3 is 0 Å². The third kappa shape index (κ3) is 5.43. The van der Waals surface area contributed by atoms with E-state index < -0.39 is 5.82 Å². The van der Waals surface area contributed by atoms with Crippen LogP contribution in [0.5, 0.6) is 5.75 Å². The van der Waals surface area contributed by atoms with E-state index in [0.29, 0.717) is 18.0 Å². The van der Waals surface area contributed by atoms with Crippen molar-refractivity contribution in [3.05, 3.63) is 91.3 Å². The highest BCUT2D eigenvalue weighted by molar-refractivity contribution is 9.11. The van der Waals surface area contributed by atoms with Crippen molar-refractivity contribution in [2.45, 2.75) is 13.2 Å². The molecular formula is C20H14Br2ClF2NO. The van der Waals surface area contributed by atoms with Gasteiger partial charge in [-0.25, -0.2) is 8.78 Å². The fourth-order valence-corrected chi connectivity index (χ4v) is 4.10. The molecule has 0 amide bonds. The summed E-state index contributed by atoms with van der Waals surface area (Å²) in [4.78, 5) is 0. The van der Waals surface area contributed by atoms with Gasteiger partial charge in [0.2, 0.25) is 0 Å². The highest BCUT2D eigenvalue weighted by atomic mass is 79.9. The second-order valence-corrected chi connectivity index (χ2v) is 7.95. The van der Waals surface area contributed by atoms with Gasteiger partial charge in [0.25, 0.3) is 0 Å². The van der Waals surface area contributed by atoms with Crippen molar-refractivity contribution in [2.24, 2.45) is 0 Å². The lowest BCUT2D eigenvalue weighted by atomic mass is 10.2. The normalized spacial score (nSPS) is 10.7. The fraction of sp³-hybridized carbons (Fsp3) is 0.100. The summed E-state index contributed by atoms with van der Waals surface area (Å²) in [5.74, 6) is -0.129. The molecule has 0 spiro atoms. The fourth-order valence-electron chi connectivity index (χ4n) is 2.49. The van der Waals surface area contributed by atoms with Gasteiger partial charge in [-0.3, -0.25) is 0 Å². The largest absolute Gasteiger partial charge is 0.487 e. The summed E-state index contributed by atoms with van der Waals surface area (Å²) in [6, 6.07) is 14.5. The van der Waals surface area contributed by atoms with E-state index in [1.165, 1.54) is 24.3 Å². The Morgan fingerprint density at radius 1 is 1.00 bits per heavy atom. The predicted octanol–water partition coefficient (Wildman–Crippen LogP) is 7.33. The first-order valence-electron chi connectivity index (χ1n) is 7.96. The molecule has 2 nitrogen and oxygen atoms in total. The molecule has 0 bridgehead atoms. The Hall–Kier alpha value is -1.63. The molecule has 0 aliphatic rings. The van der Waals surface area contributed by atoms with Crippen LogP contribution in [-0.4, -0.2) is 0 Å². The number of hydrogen-bond donors (Lipinski definition) is 1. The van der Waals surface area contributed by atoms with Crippen LogP contribution in [0, 0.1) is 11.6 Å². The molecule has 0 aliphatic carbocycles. The summed E-state index contributed by atoms with van der Waals surface area (Å²) in [5, 5.41) is 3.25. The van der Waals surface area contributed by atoms with Gasteiger partial charge in [-0.1, -0.05) is 39.7 Å². The zero-order chi connectivity index (χ0) is 19.4. The summed E-state index contributed by atoms with van der Waals surface area (Å²) in [7, 11) is 0. The van der Waals surface area contributed by atoms with Gasteiger partial charge in [-0.15, -0.1) is 0 Å². The molecule has 0 fully saturated rings. The van der Waals surface area contributed by atoms with Crippen molar-refractivity contribution in [3.8, 4) is 5.75 Å². The first kappa shape index (κ1) is 20.1. The molecule has 0 unspecified atom stereocenters. The van der Waals surface area contributed by atoms with Crippen molar-refractivity contribution in [1.29, 1.82) is 0 Å². The Balaban J connectivity index is 1.78. The second-order valence-electron chi connectivity index (χ2n) is 5.78. The third-order valence-corrected chi connectivity index (χ3v) is 5.10. The van der Waals surface area contributed by atoms with E-state index in [1.54, 1.807) is 18.2 Å².